The van der Waals surface area contributed by atoms with Gasteiger partial charge in [-0.3, -0.25) is 4.79 Å². The summed E-state index contributed by atoms with van der Waals surface area (Å²) in [5.41, 5.74) is 0.894. The minimum atomic E-state index is -0.209. The third-order valence-electron chi connectivity index (χ3n) is 4.85. The van der Waals surface area contributed by atoms with Crippen LogP contribution in [0.4, 0.5) is 0 Å². The summed E-state index contributed by atoms with van der Waals surface area (Å²) in [6.07, 6.45) is 2.79. The molecule has 1 aromatic carbocycles. The largest absolute Gasteiger partial charge is 0.497 e. The fourth-order valence-electron chi connectivity index (χ4n) is 3.34. The molecule has 0 aliphatic heterocycles. The lowest BCUT2D eigenvalue weighted by Crippen LogP contribution is -2.38. The molecule has 116 valence electrons. The van der Waals surface area contributed by atoms with Gasteiger partial charge >= 0.3 is 0 Å². The van der Waals surface area contributed by atoms with Crippen molar-refractivity contribution >= 4 is 5.78 Å². The molecule has 3 nitrogen and oxygen atoms in total. The number of Topliss-reactive ketones (excluding diaryl/α,β-unsaturated/α-hetero) is 1. The normalized spacial score (nSPS) is 23.0. The van der Waals surface area contributed by atoms with Crippen molar-refractivity contribution in [3.8, 4) is 11.5 Å². The van der Waals surface area contributed by atoms with E-state index in [0.717, 1.165) is 29.9 Å². The molecule has 0 radical (unpaired) electrons. The Morgan fingerprint density at radius 2 is 1.62 bits per heavy atom. The summed E-state index contributed by atoms with van der Waals surface area (Å²) in [7, 11) is 3.30. The highest BCUT2D eigenvalue weighted by molar-refractivity contribution is 5.83. The molecule has 2 atom stereocenters. The molecule has 0 bridgehead atoms. The predicted molar refractivity (Wildman–Crippen MR) is 84.1 cm³/mol. The number of hydrogen-bond acceptors (Lipinski definition) is 3. The molecule has 0 saturated heterocycles. The van der Waals surface area contributed by atoms with E-state index in [-0.39, 0.29) is 11.3 Å². The summed E-state index contributed by atoms with van der Waals surface area (Å²) in [5, 5.41) is 0. The number of ketones is 1. The molecule has 0 spiro atoms. The van der Waals surface area contributed by atoms with E-state index < -0.39 is 0 Å². The summed E-state index contributed by atoms with van der Waals surface area (Å²) in [4.78, 5) is 12.5. The smallest absolute Gasteiger partial charge is 0.137 e. The summed E-state index contributed by atoms with van der Waals surface area (Å²) < 4.78 is 10.7. The number of rotatable bonds is 4. The van der Waals surface area contributed by atoms with Crippen molar-refractivity contribution in [3.05, 3.63) is 23.8 Å². The zero-order chi connectivity index (χ0) is 15.6. The lowest BCUT2D eigenvalue weighted by molar-refractivity contribution is -0.128. The fraction of sp³-hybridized carbons (Fsp3) is 0.611. The minimum Gasteiger partial charge on any atom is -0.497 e. The topological polar surface area (TPSA) is 35.5 Å². The third kappa shape index (κ3) is 3.22. The van der Waals surface area contributed by atoms with Crippen LogP contribution in [-0.2, 0) is 10.2 Å². The van der Waals surface area contributed by atoms with E-state index in [4.69, 9.17) is 9.47 Å². The molecule has 0 aromatic heterocycles. The summed E-state index contributed by atoms with van der Waals surface area (Å²) in [6, 6.07) is 5.91. The summed E-state index contributed by atoms with van der Waals surface area (Å²) in [6.45, 7) is 6.47. The zero-order valence-corrected chi connectivity index (χ0v) is 13.7. The van der Waals surface area contributed by atoms with Gasteiger partial charge in [0.1, 0.15) is 17.3 Å². The first-order chi connectivity index (χ1) is 9.88. The Morgan fingerprint density at radius 1 is 1.05 bits per heavy atom. The Morgan fingerprint density at radius 3 is 2.10 bits per heavy atom. The van der Waals surface area contributed by atoms with E-state index in [1.807, 2.05) is 18.2 Å². The van der Waals surface area contributed by atoms with E-state index in [0.29, 0.717) is 18.1 Å². The Labute approximate surface area is 127 Å². The maximum Gasteiger partial charge on any atom is 0.137 e. The van der Waals surface area contributed by atoms with E-state index >= 15 is 0 Å². The van der Waals surface area contributed by atoms with Crippen LogP contribution in [0.1, 0.15) is 45.6 Å². The van der Waals surface area contributed by atoms with E-state index in [1.54, 1.807) is 14.2 Å². The van der Waals surface area contributed by atoms with Crippen LogP contribution >= 0.6 is 0 Å². The molecule has 21 heavy (non-hydrogen) atoms. The van der Waals surface area contributed by atoms with Crippen molar-refractivity contribution < 1.29 is 14.3 Å². The van der Waals surface area contributed by atoms with Crippen molar-refractivity contribution in [1.82, 2.24) is 0 Å². The summed E-state index contributed by atoms with van der Waals surface area (Å²) >= 11 is 0. The van der Waals surface area contributed by atoms with Crippen LogP contribution in [0.25, 0.3) is 0 Å². The molecule has 0 N–H and O–H groups in total. The van der Waals surface area contributed by atoms with Crippen molar-refractivity contribution in [3.63, 3.8) is 0 Å². The highest BCUT2D eigenvalue weighted by Gasteiger charge is 2.39. The monoisotopic (exact) mass is 290 g/mol. The van der Waals surface area contributed by atoms with Gasteiger partial charge in [0.05, 0.1) is 14.2 Å². The average molecular weight is 290 g/mol. The van der Waals surface area contributed by atoms with Gasteiger partial charge in [0.25, 0.3) is 0 Å². The van der Waals surface area contributed by atoms with Crippen LogP contribution in [-0.4, -0.2) is 20.0 Å². The number of methoxy groups -OCH3 is 2. The lowest BCUT2D eigenvalue weighted by atomic mass is 9.65. The minimum absolute atomic E-state index is 0.0745. The Balaban J connectivity index is 2.36. The van der Waals surface area contributed by atoms with Crippen LogP contribution in [0.2, 0.25) is 0 Å². The molecular weight excluding hydrogens is 264 g/mol. The second-order valence-electron chi connectivity index (χ2n) is 6.73. The maximum atomic E-state index is 12.5. The quantitative estimate of drug-likeness (QED) is 0.841. The second kappa shape index (κ2) is 6.08. The van der Waals surface area contributed by atoms with E-state index in [1.165, 1.54) is 0 Å². The molecule has 1 aromatic rings. The second-order valence-corrected chi connectivity index (χ2v) is 6.73. The molecule has 0 amide bonds. The number of carbonyl (C=O) groups is 1. The first-order valence-electron chi connectivity index (χ1n) is 7.64. The Kier molecular flexibility index (Phi) is 4.60. The number of carbonyl (C=O) groups excluding carboxylic acids is 1. The fourth-order valence-corrected chi connectivity index (χ4v) is 3.34. The van der Waals surface area contributed by atoms with Crippen LogP contribution < -0.4 is 9.47 Å². The molecule has 2 rings (SSSR count). The van der Waals surface area contributed by atoms with Crippen molar-refractivity contribution in [1.29, 1.82) is 0 Å². The highest BCUT2D eigenvalue weighted by Crippen LogP contribution is 2.42. The standard InChI is InChI=1S/C18H26O3/c1-12-6-7-16(17(19)8-12)18(2,3)13-9-14(20-4)11-15(10-13)21-5/h9-12,16H,6-8H2,1-5H3. The van der Waals surface area contributed by atoms with Gasteiger partial charge in [0.15, 0.2) is 0 Å². The average Bonchev–Trinajstić information content (AvgIpc) is 2.46. The number of benzene rings is 1. The molecule has 1 aliphatic carbocycles. The first kappa shape index (κ1) is 15.9. The van der Waals surface area contributed by atoms with Gasteiger partial charge in [-0.15, -0.1) is 0 Å². The Hall–Kier alpha value is -1.51. The zero-order valence-electron chi connectivity index (χ0n) is 13.7. The van der Waals surface area contributed by atoms with Gasteiger partial charge in [0.2, 0.25) is 0 Å². The van der Waals surface area contributed by atoms with Crippen LogP contribution in [0.3, 0.4) is 0 Å². The Bertz CT molecular complexity index is 497. The van der Waals surface area contributed by atoms with Gasteiger partial charge < -0.3 is 9.47 Å². The van der Waals surface area contributed by atoms with Crippen LogP contribution in [0, 0.1) is 11.8 Å². The molecule has 1 aliphatic rings. The van der Waals surface area contributed by atoms with Crippen molar-refractivity contribution in [2.75, 3.05) is 14.2 Å². The van der Waals surface area contributed by atoms with Crippen LogP contribution in [0.5, 0.6) is 11.5 Å². The molecule has 2 unspecified atom stereocenters. The van der Waals surface area contributed by atoms with Gasteiger partial charge in [0, 0.05) is 18.4 Å². The van der Waals surface area contributed by atoms with Gasteiger partial charge in [-0.05, 0) is 41.9 Å². The van der Waals surface area contributed by atoms with Gasteiger partial charge in [-0.25, -0.2) is 0 Å². The first-order valence-corrected chi connectivity index (χ1v) is 7.64. The van der Waals surface area contributed by atoms with Gasteiger partial charge in [-0.2, -0.15) is 0 Å². The van der Waals surface area contributed by atoms with E-state index in [9.17, 15) is 4.79 Å². The summed E-state index contributed by atoms with van der Waals surface area (Å²) in [5.74, 6) is 2.53. The molecule has 1 fully saturated rings. The van der Waals surface area contributed by atoms with Crippen molar-refractivity contribution in [2.45, 2.75) is 45.4 Å². The SMILES string of the molecule is COc1cc(OC)cc(C(C)(C)C2CCC(C)CC2=O)c1. The number of hydrogen-bond donors (Lipinski definition) is 0. The molecular formula is C18H26O3. The maximum absolute atomic E-state index is 12.5. The van der Waals surface area contributed by atoms with E-state index in [2.05, 4.69) is 20.8 Å². The third-order valence-corrected chi connectivity index (χ3v) is 4.85. The number of ether oxygens (including phenoxy) is 2. The molecule has 0 heterocycles. The van der Waals surface area contributed by atoms with Crippen molar-refractivity contribution in [2.24, 2.45) is 11.8 Å². The molecule has 1 saturated carbocycles. The van der Waals surface area contributed by atoms with Crippen LogP contribution in [0.15, 0.2) is 18.2 Å². The van der Waals surface area contributed by atoms with Gasteiger partial charge in [-0.1, -0.05) is 20.8 Å². The highest BCUT2D eigenvalue weighted by atomic mass is 16.5. The molecule has 3 heteroatoms. The lowest BCUT2D eigenvalue weighted by Gasteiger charge is -2.38. The predicted octanol–water partition coefficient (Wildman–Crippen LogP) is 3.99.